The Kier molecular flexibility index (Phi) is 15.6. The zero-order valence-corrected chi connectivity index (χ0v) is 13.0. The van der Waals surface area contributed by atoms with Gasteiger partial charge in [0.1, 0.15) is 0 Å². The Morgan fingerprint density at radius 1 is 0.889 bits per heavy atom. The smallest absolute Gasteiger partial charge is 0.155 e. The first-order valence-electron chi connectivity index (χ1n) is 7.71. The molecule has 1 N–H and O–H groups in total. The monoisotopic (exact) mass is 276 g/mol. The molecule has 0 aliphatic carbocycles. The first-order chi connectivity index (χ1) is 8.81. The molecule has 1 atom stereocenters. The standard InChI is InChI=1S/C15H32O2S/c1-2-3-4-5-6-7-8-9-10-11-13-17-15(16)12-14-18/h15-16,18H,2-14H2,1H3. The van der Waals surface area contributed by atoms with Crippen molar-refractivity contribution >= 4 is 12.6 Å². The highest BCUT2D eigenvalue weighted by Crippen LogP contribution is 2.10. The number of rotatable bonds is 14. The van der Waals surface area contributed by atoms with E-state index in [1.807, 2.05) is 0 Å². The summed E-state index contributed by atoms with van der Waals surface area (Å²) >= 11 is 4.05. The molecule has 2 nitrogen and oxygen atoms in total. The molecule has 0 radical (unpaired) electrons. The van der Waals surface area contributed by atoms with Gasteiger partial charge in [-0.15, -0.1) is 0 Å². The van der Waals surface area contributed by atoms with Crippen molar-refractivity contribution in [2.45, 2.75) is 83.8 Å². The molecule has 0 aromatic heterocycles. The first-order valence-corrected chi connectivity index (χ1v) is 8.35. The van der Waals surface area contributed by atoms with Crippen molar-refractivity contribution in [1.29, 1.82) is 0 Å². The van der Waals surface area contributed by atoms with E-state index in [2.05, 4.69) is 19.6 Å². The highest BCUT2D eigenvalue weighted by molar-refractivity contribution is 7.80. The van der Waals surface area contributed by atoms with E-state index in [1.165, 1.54) is 57.8 Å². The molecule has 3 heteroatoms. The van der Waals surface area contributed by atoms with Crippen LogP contribution in [-0.4, -0.2) is 23.8 Å². The molecule has 0 spiro atoms. The van der Waals surface area contributed by atoms with E-state index in [9.17, 15) is 5.11 Å². The molecule has 0 aromatic rings. The molecule has 0 aliphatic heterocycles. The molecule has 0 aliphatic rings. The minimum Gasteiger partial charge on any atom is -0.368 e. The Labute approximate surface area is 119 Å². The second-order valence-electron chi connectivity index (χ2n) is 5.02. The third-order valence-electron chi connectivity index (χ3n) is 3.18. The number of hydrogen-bond donors (Lipinski definition) is 2. The van der Waals surface area contributed by atoms with Crippen molar-refractivity contribution in [3.05, 3.63) is 0 Å². The lowest BCUT2D eigenvalue weighted by atomic mass is 10.1. The summed E-state index contributed by atoms with van der Waals surface area (Å²) in [5.41, 5.74) is 0. The van der Waals surface area contributed by atoms with Crippen LogP contribution in [0.15, 0.2) is 0 Å². The van der Waals surface area contributed by atoms with Crippen LogP contribution in [0.3, 0.4) is 0 Å². The molecule has 0 fully saturated rings. The highest BCUT2D eigenvalue weighted by Gasteiger charge is 2.01. The average molecular weight is 276 g/mol. The van der Waals surface area contributed by atoms with Crippen LogP contribution in [0.1, 0.15) is 77.6 Å². The fourth-order valence-electron chi connectivity index (χ4n) is 2.00. The number of aliphatic hydroxyl groups is 1. The fraction of sp³-hybridized carbons (Fsp3) is 1.00. The highest BCUT2D eigenvalue weighted by atomic mass is 32.1. The molecule has 110 valence electrons. The maximum atomic E-state index is 9.32. The van der Waals surface area contributed by atoms with Crippen molar-refractivity contribution < 1.29 is 9.84 Å². The minimum absolute atomic E-state index is 0.610. The normalized spacial score (nSPS) is 12.8. The van der Waals surface area contributed by atoms with Gasteiger partial charge in [-0.1, -0.05) is 64.7 Å². The van der Waals surface area contributed by atoms with Crippen LogP contribution in [0.4, 0.5) is 0 Å². The molecule has 18 heavy (non-hydrogen) atoms. The summed E-state index contributed by atoms with van der Waals surface area (Å²) < 4.78 is 5.26. The maximum absolute atomic E-state index is 9.32. The molecule has 0 bridgehead atoms. The maximum Gasteiger partial charge on any atom is 0.155 e. The second-order valence-corrected chi connectivity index (χ2v) is 5.47. The Bertz CT molecular complexity index is 153. The molecule has 0 amide bonds. The number of hydrogen-bond acceptors (Lipinski definition) is 3. The van der Waals surface area contributed by atoms with Crippen molar-refractivity contribution in [3.63, 3.8) is 0 Å². The molecule has 0 saturated heterocycles. The van der Waals surface area contributed by atoms with Gasteiger partial charge in [-0.25, -0.2) is 0 Å². The SMILES string of the molecule is CCCCCCCCCCCCOC(O)CCS. The van der Waals surface area contributed by atoms with E-state index < -0.39 is 6.29 Å². The number of ether oxygens (including phenoxy) is 1. The predicted octanol–water partition coefficient (Wildman–Crippen LogP) is 4.56. The van der Waals surface area contributed by atoms with Crippen LogP contribution in [0, 0.1) is 0 Å². The van der Waals surface area contributed by atoms with Crippen molar-refractivity contribution in [2.75, 3.05) is 12.4 Å². The largest absolute Gasteiger partial charge is 0.368 e. The van der Waals surface area contributed by atoms with Crippen LogP contribution in [0.25, 0.3) is 0 Å². The quantitative estimate of drug-likeness (QED) is 0.277. The van der Waals surface area contributed by atoms with Crippen LogP contribution in [-0.2, 0) is 4.74 Å². The average Bonchev–Trinajstić information content (AvgIpc) is 2.36. The number of thiol groups is 1. The van der Waals surface area contributed by atoms with Crippen molar-refractivity contribution in [2.24, 2.45) is 0 Å². The summed E-state index contributed by atoms with van der Waals surface area (Å²) in [6.45, 7) is 2.95. The van der Waals surface area contributed by atoms with Gasteiger partial charge in [0.2, 0.25) is 0 Å². The van der Waals surface area contributed by atoms with Gasteiger partial charge >= 0.3 is 0 Å². The first kappa shape index (κ1) is 18.3. The molecule has 0 aromatic carbocycles. The van der Waals surface area contributed by atoms with Gasteiger partial charge in [0.25, 0.3) is 0 Å². The molecule has 0 saturated carbocycles. The molecule has 0 rings (SSSR count). The number of aliphatic hydroxyl groups excluding tert-OH is 1. The predicted molar refractivity (Wildman–Crippen MR) is 82.3 cm³/mol. The van der Waals surface area contributed by atoms with Gasteiger partial charge < -0.3 is 9.84 Å². The van der Waals surface area contributed by atoms with Gasteiger partial charge in [-0.05, 0) is 12.2 Å². The summed E-state index contributed by atoms with van der Waals surface area (Å²) in [6, 6.07) is 0. The van der Waals surface area contributed by atoms with Gasteiger partial charge in [0.05, 0.1) is 0 Å². The Hall–Kier alpha value is 0.270. The zero-order valence-electron chi connectivity index (χ0n) is 12.1. The summed E-state index contributed by atoms with van der Waals surface area (Å²) in [7, 11) is 0. The molecule has 1 unspecified atom stereocenters. The van der Waals surface area contributed by atoms with E-state index in [4.69, 9.17) is 4.74 Å². The second kappa shape index (κ2) is 15.3. The lowest BCUT2D eigenvalue weighted by molar-refractivity contribution is -0.100. The fourth-order valence-corrected chi connectivity index (χ4v) is 2.22. The van der Waals surface area contributed by atoms with Crippen molar-refractivity contribution in [1.82, 2.24) is 0 Å². The number of unbranched alkanes of at least 4 members (excludes halogenated alkanes) is 9. The topological polar surface area (TPSA) is 29.5 Å². The zero-order chi connectivity index (χ0) is 13.5. The van der Waals surface area contributed by atoms with Gasteiger partial charge in [0.15, 0.2) is 6.29 Å². The van der Waals surface area contributed by atoms with Gasteiger partial charge in [-0.3, -0.25) is 0 Å². The van der Waals surface area contributed by atoms with Gasteiger partial charge in [0, 0.05) is 13.0 Å². The molecular weight excluding hydrogens is 244 g/mol. The van der Waals surface area contributed by atoms with Gasteiger partial charge in [-0.2, -0.15) is 12.6 Å². The Balaban J connectivity index is 2.98. The summed E-state index contributed by atoms with van der Waals surface area (Å²) in [6.07, 6.45) is 13.3. The van der Waals surface area contributed by atoms with Crippen LogP contribution >= 0.6 is 12.6 Å². The summed E-state index contributed by atoms with van der Waals surface area (Å²) in [5, 5.41) is 9.32. The van der Waals surface area contributed by atoms with E-state index >= 15 is 0 Å². The minimum atomic E-state index is -0.610. The van der Waals surface area contributed by atoms with Crippen molar-refractivity contribution in [3.8, 4) is 0 Å². The Morgan fingerprint density at radius 3 is 1.89 bits per heavy atom. The van der Waals surface area contributed by atoms with Crippen LogP contribution in [0.2, 0.25) is 0 Å². The Morgan fingerprint density at radius 2 is 1.39 bits per heavy atom. The van der Waals surface area contributed by atoms with Crippen LogP contribution < -0.4 is 0 Å². The lowest BCUT2D eigenvalue weighted by Crippen LogP contribution is -2.13. The lowest BCUT2D eigenvalue weighted by Gasteiger charge is -2.10. The van der Waals surface area contributed by atoms with Crippen LogP contribution in [0.5, 0.6) is 0 Å². The molecular formula is C15H32O2S. The third kappa shape index (κ3) is 14.3. The summed E-state index contributed by atoms with van der Waals surface area (Å²) in [4.78, 5) is 0. The third-order valence-corrected chi connectivity index (χ3v) is 3.44. The summed E-state index contributed by atoms with van der Waals surface area (Å²) in [5.74, 6) is 0.680. The molecule has 0 heterocycles. The van der Waals surface area contributed by atoms with E-state index in [0.717, 1.165) is 6.42 Å². The van der Waals surface area contributed by atoms with E-state index in [0.29, 0.717) is 18.8 Å². The van der Waals surface area contributed by atoms with E-state index in [-0.39, 0.29) is 0 Å². The van der Waals surface area contributed by atoms with E-state index in [1.54, 1.807) is 0 Å².